The van der Waals surface area contributed by atoms with Gasteiger partial charge in [0.2, 0.25) is 5.91 Å². The van der Waals surface area contributed by atoms with Crippen LogP contribution in [0.3, 0.4) is 0 Å². The minimum atomic E-state index is -0.178. The normalized spacial score (nSPS) is 12.5. The Morgan fingerprint density at radius 1 is 1.27 bits per heavy atom. The van der Waals surface area contributed by atoms with Crippen molar-refractivity contribution in [2.45, 2.75) is 38.1 Å². The van der Waals surface area contributed by atoms with Gasteiger partial charge in [-0.15, -0.1) is 0 Å². The number of nitrogens with one attached hydrogen (secondary N) is 1. The largest absolute Gasteiger partial charge is 0.396 e. The molecule has 90 valence electrons. The molecule has 0 saturated heterocycles. The molecule has 5 nitrogen and oxygen atoms in total. The Bertz CT molecular complexity index is 165. The number of rotatable bonds is 9. The minimum absolute atomic E-state index is 0.0182. The summed E-state index contributed by atoms with van der Waals surface area (Å²) in [6.07, 6.45) is 3.33. The van der Waals surface area contributed by atoms with Gasteiger partial charge in [-0.3, -0.25) is 4.79 Å². The summed E-state index contributed by atoms with van der Waals surface area (Å²) < 4.78 is 0. The predicted molar refractivity (Wildman–Crippen MR) is 58.2 cm³/mol. The summed E-state index contributed by atoms with van der Waals surface area (Å²) in [5.41, 5.74) is 5.35. The van der Waals surface area contributed by atoms with Gasteiger partial charge in [0.25, 0.3) is 0 Å². The van der Waals surface area contributed by atoms with Gasteiger partial charge in [0, 0.05) is 13.0 Å². The first-order valence-electron chi connectivity index (χ1n) is 5.45. The van der Waals surface area contributed by atoms with Gasteiger partial charge in [-0.05, 0) is 25.8 Å². The Kier molecular flexibility index (Phi) is 9.46. The van der Waals surface area contributed by atoms with E-state index < -0.39 is 0 Å². The fourth-order valence-electron chi connectivity index (χ4n) is 1.28. The molecule has 0 aliphatic heterocycles. The van der Waals surface area contributed by atoms with Crippen molar-refractivity contribution in [2.75, 3.05) is 19.8 Å². The highest BCUT2D eigenvalue weighted by Gasteiger charge is 2.10. The number of amides is 1. The Balaban J connectivity index is 3.62. The lowest BCUT2D eigenvalue weighted by molar-refractivity contribution is -0.122. The maximum absolute atomic E-state index is 11.2. The average molecular weight is 218 g/mol. The summed E-state index contributed by atoms with van der Waals surface area (Å²) in [7, 11) is 0. The standard InChI is InChI=1S/C10H22N2O3/c11-6-2-1-4-9(8-14)12-10(15)5-3-7-13/h9,13-14H,1-8,11H2,(H,12,15). The van der Waals surface area contributed by atoms with Crippen LogP contribution in [0.4, 0.5) is 0 Å². The first-order chi connectivity index (χ1) is 7.24. The van der Waals surface area contributed by atoms with E-state index in [-0.39, 0.29) is 25.2 Å². The molecule has 0 aromatic carbocycles. The van der Waals surface area contributed by atoms with Gasteiger partial charge in [0.15, 0.2) is 0 Å². The fraction of sp³-hybridized carbons (Fsp3) is 0.900. The van der Waals surface area contributed by atoms with Gasteiger partial charge >= 0.3 is 0 Å². The number of hydrogen-bond donors (Lipinski definition) is 4. The van der Waals surface area contributed by atoms with E-state index in [0.717, 1.165) is 19.3 Å². The van der Waals surface area contributed by atoms with Crippen LogP contribution in [0.1, 0.15) is 32.1 Å². The molecule has 0 aromatic rings. The molecule has 0 rings (SSSR count). The zero-order valence-corrected chi connectivity index (χ0v) is 9.11. The molecule has 5 N–H and O–H groups in total. The molecule has 0 aliphatic carbocycles. The average Bonchev–Trinajstić information content (AvgIpc) is 2.25. The van der Waals surface area contributed by atoms with E-state index in [1.807, 2.05) is 0 Å². The molecule has 15 heavy (non-hydrogen) atoms. The summed E-state index contributed by atoms with van der Waals surface area (Å²) in [6, 6.07) is -0.178. The van der Waals surface area contributed by atoms with Crippen molar-refractivity contribution in [1.29, 1.82) is 0 Å². The van der Waals surface area contributed by atoms with E-state index in [9.17, 15) is 4.79 Å². The lowest BCUT2D eigenvalue weighted by Crippen LogP contribution is -2.37. The Labute approximate surface area is 90.7 Å². The van der Waals surface area contributed by atoms with Crippen molar-refractivity contribution in [3.63, 3.8) is 0 Å². The monoisotopic (exact) mass is 218 g/mol. The SMILES string of the molecule is NCCCCC(CO)NC(=O)CCCO. The van der Waals surface area contributed by atoms with Crippen molar-refractivity contribution >= 4 is 5.91 Å². The van der Waals surface area contributed by atoms with Crippen LogP contribution < -0.4 is 11.1 Å². The molecule has 5 heteroatoms. The summed E-state index contributed by atoms with van der Waals surface area (Å²) in [6.45, 7) is 0.608. The van der Waals surface area contributed by atoms with E-state index in [1.54, 1.807) is 0 Å². The maximum Gasteiger partial charge on any atom is 0.220 e. The number of nitrogens with two attached hydrogens (primary N) is 1. The van der Waals surface area contributed by atoms with E-state index in [2.05, 4.69) is 5.32 Å². The summed E-state index contributed by atoms with van der Waals surface area (Å²) >= 11 is 0. The predicted octanol–water partition coefficient (Wildman–Crippen LogP) is -0.635. The second kappa shape index (κ2) is 9.89. The lowest BCUT2D eigenvalue weighted by Gasteiger charge is -2.15. The van der Waals surface area contributed by atoms with Crippen LogP contribution in [0.25, 0.3) is 0 Å². The van der Waals surface area contributed by atoms with E-state index in [0.29, 0.717) is 19.4 Å². The summed E-state index contributed by atoms with van der Waals surface area (Å²) in [5, 5.41) is 20.3. The molecule has 0 aliphatic rings. The van der Waals surface area contributed by atoms with Crippen LogP contribution in [0, 0.1) is 0 Å². The number of carbonyl (C=O) groups excluding carboxylic acids is 1. The van der Waals surface area contributed by atoms with Gasteiger partial charge in [-0.2, -0.15) is 0 Å². The second-order valence-corrected chi connectivity index (χ2v) is 3.56. The van der Waals surface area contributed by atoms with Crippen molar-refractivity contribution in [1.82, 2.24) is 5.32 Å². The highest BCUT2D eigenvalue weighted by Crippen LogP contribution is 2.00. The van der Waals surface area contributed by atoms with Crippen LogP contribution in [-0.2, 0) is 4.79 Å². The molecular formula is C10H22N2O3. The lowest BCUT2D eigenvalue weighted by atomic mass is 10.1. The fourth-order valence-corrected chi connectivity index (χ4v) is 1.28. The second-order valence-electron chi connectivity index (χ2n) is 3.56. The summed E-state index contributed by atoms with van der Waals surface area (Å²) in [4.78, 5) is 11.2. The third-order valence-corrected chi connectivity index (χ3v) is 2.15. The molecule has 0 saturated carbocycles. The smallest absolute Gasteiger partial charge is 0.220 e. The van der Waals surface area contributed by atoms with Gasteiger partial charge in [0.05, 0.1) is 12.6 Å². The molecule has 0 spiro atoms. The number of carbonyl (C=O) groups is 1. The first-order valence-corrected chi connectivity index (χ1v) is 5.45. The van der Waals surface area contributed by atoms with Crippen molar-refractivity contribution in [3.8, 4) is 0 Å². The maximum atomic E-state index is 11.2. The molecule has 1 amide bonds. The van der Waals surface area contributed by atoms with Crippen LogP contribution in [0.15, 0.2) is 0 Å². The number of aliphatic hydroxyl groups is 2. The van der Waals surface area contributed by atoms with E-state index >= 15 is 0 Å². The molecule has 0 heterocycles. The molecule has 1 unspecified atom stereocenters. The summed E-state index contributed by atoms with van der Waals surface area (Å²) in [5.74, 6) is -0.115. The molecule has 0 radical (unpaired) electrons. The van der Waals surface area contributed by atoms with Crippen LogP contribution in [-0.4, -0.2) is 41.9 Å². The van der Waals surface area contributed by atoms with E-state index in [1.165, 1.54) is 0 Å². The molecule has 0 fully saturated rings. The van der Waals surface area contributed by atoms with Crippen molar-refractivity contribution in [3.05, 3.63) is 0 Å². The van der Waals surface area contributed by atoms with Gasteiger partial charge < -0.3 is 21.3 Å². The Morgan fingerprint density at radius 3 is 2.53 bits per heavy atom. The van der Waals surface area contributed by atoms with Crippen LogP contribution in [0.2, 0.25) is 0 Å². The third kappa shape index (κ3) is 8.35. The Morgan fingerprint density at radius 2 is 2.00 bits per heavy atom. The van der Waals surface area contributed by atoms with Gasteiger partial charge in [-0.1, -0.05) is 6.42 Å². The molecule has 0 bridgehead atoms. The van der Waals surface area contributed by atoms with Gasteiger partial charge in [-0.25, -0.2) is 0 Å². The van der Waals surface area contributed by atoms with Gasteiger partial charge in [0.1, 0.15) is 0 Å². The molecule has 1 atom stereocenters. The first kappa shape index (κ1) is 14.3. The van der Waals surface area contributed by atoms with Crippen molar-refractivity contribution in [2.24, 2.45) is 5.73 Å². The number of aliphatic hydroxyl groups excluding tert-OH is 2. The Hall–Kier alpha value is -0.650. The third-order valence-electron chi connectivity index (χ3n) is 2.15. The van der Waals surface area contributed by atoms with Crippen LogP contribution >= 0.6 is 0 Å². The molecular weight excluding hydrogens is 196 g/mol. The minimum Gasteiger partial charge on any atom is -0.396 e. The zero-order valence-electron chi connectivity index (χ0n) is 9.11. The topological polar surface area (TPSA) is 95.6 Å². The zero-order chi connectivity index (χ0) is 11.5. The quantitative estimate of drug-likeness (QED) is 0.387. The molecule has 0 aromatic heterocycles. The van der Waals surface area contributed by atoms with Crippen molar-refractivity contribution < 1.29 is 15.0 Å². The van der Waals surface area contributed by atoms with E-state index in [4.69, 9.17) is 15.9 Å². The van der Waals surface area contributed by atoms with Crippen LogP contribution in [0.5, 0.6) is 0 Å². The number of unbranched alkanes of at least 4 members (excludes halogenated alkanes) is 1. The highest BCUT2D eigenvalue weighted by atomic mass is 16.3. The number of hydrogen-bond acceptors (Lipinski definition) is 4. The highest BCUT2D eigenvalue weighted by molar-refractivity contribution is 5.76.